The van der Waals surface area contributed by atoms with E-state index < -0.39 is 0 Å². The van der Waals surface area contributed by atoms with Crippen molar-refractivity contribution in [2.45, 2.75) is 6.10 Å². The molecule has 2 aromatic rings. The fourth-order valence-electron chi connectivity index (χ4n) is 2.03. The topological polar surface area (TPSA) is 40.6 Å². The number of thiazole rings is 1. The number of ether oxygens (including phenoxy) is 3. The Kier molecular flexibility index (Phi) is 2.96. The maximum Gasteiger partial charge on any atom is 0.145 e. The third-order valence-electron chi connectivity index (χ3n) is 2.86. The minimum absolute atomic E-state index is 0.0117. The van der Waals surface area contributed by atoms with Crippen LogP contribution in [0.2, 0.25) is 0 Å². The van der Waals surface area contributed by atoms with Crippen LogP contribution in [0, 0.1) is 0 Å². The Morgan fingerprint density at radius 2 is 2.35 bits per heavy atom. The molecule has 1 saturated heterocycles. The molecule has 1 aromatic heterocycles. The van der Waals surface area contributed by atoms with Gasteiger partial charge in [0.25, 0.3) is 0 Å². The number of rotatable bonds is 2. The zero-order valence-electron chi connectivity index (χ0n) is 9.51. The van der Waals surface area contributed by atoms with Crippen LogP contribution in [0.3, 0.4) is 0 Å². The van der Waals surface area contributed by atoms with Gasteiger partial charge in [-0.15, -0.1) is 11.3 Å². The molecule has 4 nitrogen and oxygen atoms in total. The number of benzene rings is 1. The molecule has 5 heteroatoms. The maximum absolute atomic E-state index is 5.73. The summed E-state index contributed by atoms with van der Waals surface area (Å²) in [6, 6.07) is 3.98. The summed E-state index contributed by atoms with van der Waals surface area (Å²) < 4.78 is 17.6. The number of hydrogen-bond acceptors (Lipinski definition) is 5. The van der Waals surface area contributed by atoms with Gasteiger partial charge in [0.05, 0.1) is 37.1 Å². The van der Waals surface area contributed by atoms with E-state index >= 15 is 0 Å². The first-order valence-corrected chi connectivity index (χ1v) is 6.37. The third kappa shape index (κ3) is 1.90. The molecule has 1 atom stereocenters. The SMILES string of the molecule is COc1ccc(C2COCCO2)c2scnc12. The summed E-state index contributed by atoms with van der Waals surface area (Å²) in [5, 5.41) is 0. The van der Waals surface area contributed by atoms with E-state index in [-0.39, 0.29) is 6.10 Å². The summed E-state index contributed by atoms with van der Waals surface area (Å²) in [5.41, 5.74) is 3.88. The van der Waals surface area contributed by atoms with Crippen molar-refractivity contribution in [2.24, 2.45) is 0 Å². The molecular formula is C12H13NO3S. The van der Waals surface area contributed by atoms with Crippen LogP contribution in [0.4, 0.5) is 0 Å². The number of hydrogen-bond donors (Lipinski definition) is 0. The highest BCUT2D eigenvalue weighted by molar-refractivity contribution is 7.17. The van der Waals surface area contributed by atoms with Crippen LogP contribution in [0.25, 0.3) is 10.2 Å². The van der Waals surface area contributed by atoms with Crippen LogP contribution in [0.5, 0.6) is 5.75 Å². The van der Waals surface area contributed by atoms with Crippen LogP contribution in [-0.2, 0) is 9.47 Å². The lowest BCUT2D eigenvalue weighted by Gasteiger charge is -2.23. The van der Waals surface area contributed by atoms with Crippen molar-refractivity contribution < 1.29 is 14.2 Å². The zero-order chi connectivity index (χ0) is 11.7. The van der Waals surface area contributed by atoms with Gasteiger partial charge >= 0.3 is 0 Å². The van der Waals surface area contributed by atoms with E-state index in [1.165, 1.54) is 0 Å². The van der Waals surface area contributed by atoms with Crippen LogP contribution in [0.15, 0.2) is 17.6 Å². The lowest BCUT2D eigenvalue weighted by atomic mass is 10.1. The normalized spacial score (nSPS) is 20.6. The van der Waals surface area contributed by atoms with Gasteiger partial charge < -0.3 is 14.2 Å². The Labute approximate surface area is 103 Å². The second-order valence-corrected chi connectivity index (χ2v) is 4.68. The van der Waals surface area contributed by atoms with E-state index in [0.717, 1.165) is 21.5 Å². The van der Waals surface area contributed by atoms with Gasteiger partial charge in [0.2, 0.25) is 0 Å². The highest BCUT2D eigenvalue weighted by atomic mass is 32.1. The average molecular weight is 251 g/mol. The molecule has 1 unspecified atom stereocenters. The average Bonchev–Trinajstić information content (AvgIpc) is 2.88. The van der Waals surface area contributed by atoms with Crippen molar-refractivity contribution in [1.82, 2.24) is 4.98 Å². The molecule has 0 aliphatic carbocycles. The first-order valence-electron chi connectivity index (χ1n) is 5.49. The van der Waals surface area contributed by atoms with Gasteiger partial charge in [-0.2, -0.15) is 0 Å². The number of nitrogens with zero attached hydrogens (tertiary/aromatic N) is 1. The van der Waals surface area contributed by atoms with E-state index in [9.17, 15) is 0 Å². The lowest BCUT2D eigenvalue weighted by Crippen LogP contribution is -2.21. The van der Waals surface area contributed by atoms with Crippen LogP contribution >= 0.6 is 11.3 Å². The lowest BCUT2D eigenvalue weighted by molar-refractivity contribution is -0.0895. The molecule has 0 bridgehead atoms. The van der Waals surface area contributed by atoms with Gasteiger partial charge in [0, 0.05) is 5.56 Å². The van der Waals surface area contributed by atoms with Crippen molar-refractivity contribution in [3.63, 3.8) is 0 Å². The third-order valence-corrected chi connectivity index (χ3v) is 3.74. The minimum atomic E-state index is 0.0117. The fourth-order valence-corrected chi connectivity index (χ4v) is 2.90. The van der Waals surface area contributed by atoms with E-state index in [1.807, 2.05) is 17.6 Å². The van der Waals surface area contributed by atoms with Crippen LogP contribution in [-0.4, -0.2) is 31.9 Å². The molecule has 1 aromatic carbocycles. The molecule has 1 aliphatic heterocycles. The van der Waals surface area contributed by atoms with Gasteiger partial charge in [-0.05, 0) is 6.07 Å². The van der Waals surface area contributed by atoms with Crippen LogP contribution < -0.4 is 4.74 Å². The second-order valence-electron chi connectivity index (χ2n) is 3.82. The van der Waals surface area contributed by atoms with Crippen molar-refractivity contribution in [2.75, 3.05) is 26.9 Å². The highest BCUT2D eigenvalue weighted by Crippen LogP contribution is 2.35. The summed E-state index contributed by atoms with van der Waals surface area (Å²) in [7, 11) is 1.66. The maximum atomic E-state index is 5.73. The Bertz CT molecular complexity index is 519. The summed E-state index contributed by atoms with van der Waals surface area (Å²) in [6.45, 7) is 1.94. The Hall–Kier alpha value is -1.17. The van der Waals surface area contributed by atoms with Gasteiger partial charge in [-0.3, -0.25) is 0 Å². The Morgan fingerprint density at radius 1 is 1.41 bits per heavy atom. The molecule has 0 saturated carbocycles. The van der Waals surface area contributed by atoms with E-state index in [4.69, 9.17) is 14.2 Å². The number of methoxy groups -OCH3 is 1. The quantitative estimate of drug-likeness (QED) is 0.821. The van der Waals surface area contributed by atoms with E-state index in [2.05, 4.69) is 4.98 Å². The molecule has 0 amide bonds. The standard InChI is InChI=1S/C12H13NO3S/c1-14-9-3-2-8(10-6-15-4-5-16-10)12-11(9)13-7-17-12/h2-3,7,10H,4-6H2,1H3. The first kappa shape index (κ1) is 11.0. The number of fused-ring (bicyclic) bond motifs is 1. The number of aromatic nitrogens is 1. The molecule has 1 fully saturated rings. The van der Waals surface area contributed by atoms with Gasteiger partial charge in [0.15, 0.2) is 0 Å². The molecule has 0 spiro atoms. The first-order chi connectivity index (χ1) is 8.40. The molecular weight excluding hydrogens is 238 g/mol. The highest BCUT2D eigenvalue weighted by Gasteiger charge is 2.21. The molecule has 1 aliphatic rings. The van der Waals surface area contributed by atoms with E-state index in [0.29, 0.717) is 19.8 Å². The summed E-state index contributed by atoms with van der Waals surface area (Å²) in [4.78, 5) is 4.34. The monoisotopic (exact) mass is 251 g/mol. The molecule has 17 heavy (non-hydrogen) atoms. The van der Waals surface area contributed by atoms with Crippen molar-refractivity contribution >= 4 is 21.6 Å². The summed E-state index contributed by atoms with van der Waals surface area (Å²) >= 11 is 1.61. The van der Waals surface area contributed by atoms with Gasteiger partial charge in [0.1, 0.15) is 17.4 Å². The zero-order valence-corrected chi connectivity index (χ0v) is 10.3. The minimum Gasteiger partial charge on any atom is -0.494 e. The second kappa shape index (κ2) is 4.60. The Balaban J connectivity index is 2.07. The predicted octanol–water partition coefficient (Wildman–Crippen LogP) is 2.39. The van der Waals surface area contributed by atoms with Crippen molar-refractivity contribution in [3.05, 3.63) is 23.2 Å². The summed E-state index contributed by atoms with van der Waals surface area (Å²) in [5.74, 6) is 0.807. The van der Waals surface area contributed by atoms with Crippen molar-refractivity contribution in [1.29, 1.82) is 0 Å². The summed E-state index contributed by atoms with van der Waals surface area (Å²) in [6.07, 6.45) is 0.0117. The van der Waals surface area contributed by atoms with Gasteiger partial charge in [-0.25, -0.2) is 4.98 Å². The largest absolute Gasteiger partial charge is 0.494 e. The molecule has 90 valence electrons. The Morgan fingerprint density at radius 3 is 3.12 bits per heavy atom. The fraction of sp³-hybridized carbons (Fsp3) is 0.417. The van der Waals surface area contributed by atoms with E-state index in [1.54, 1.807) is 18.4 Å². The van der Waals surface area contributed by atoms with Crippen LogP contribution in [0.1, 0.15) is 11.7 Å². The van der Waals surface area contributed by atoms with Crippen molar-refractivity contribution in [3.8, 4) is 5.75 Å². The van der Waals surface area contributed by atoms with Gasteiger partial charge in [-0.1, -0.05) is 6.07 Å². The molecule has 2 heterocycles. The molecule has 0 N–H and O–H groups in total. The predicted molar refractivity (Wildman–Crippen MR) is 65.7 cm³/mol. The smallest absolute Gasteiger partial charge is 0.145 e. The molecule has 3 rings (SSSR count). The molecule has 0 radical (unpaired) electrons.